The number of benzene rings is 2. The molecule has 150 valence electrons. The van der Waals surface area contributed by atoms with Crippen LogP contribution in [0.3, 0.4) is 0 Å². The third kappa shape index (κ3) is 5.42. The maximum absolute atomic E-state index is 12.0. The van der Waals surface area contributed by atoms with Gasteiger partial charge in [0.2, 0.25) is 0 Å². The fourth-order valence-corrected chi connectivity index (χ4v) is 3.86. The van der Waals surface area contributed by atoms with E-state index in [9.17, 15) is 9.59 Å². The van der Waals surface area contributed by atoms with Crippen molar-refractivity contribution in [1.29, 1.82) is 0 Å². The van der Waals surface area contributed by atoms with Crippen LogP contribution < -0.4 is 15.4 Å². The van der Waals surface area contributed by atoms with Crippen LogP contribution in [-0.2, 0) is 16.0 Å². The number of carbonyl (C=O) groups excluding carboxylic acids is 2. The van der Waals surface area contributed by atoms with E-state index in [1.165, 1.54) is 0 Å². The smallest absolute Gasteiger partial charge is 0.313 e. The minimum absolute atomic E-state index is 0.366. The Balaban J connectivity index is 1.54. The van der Waals surface area contributed by atoms with Gasteiger partial charge in [0.1, 0.15) is 10.8 Å². The molecule has 0 saturated heterocycles. The summed E-state index contributed by atoms with van der Waals surface area (Å²) in [6.07, 6.45) is 0.614. The molecule has 0 fully saturated rings. The predicted octanol–water partition coefficient (Wildman–Crippen LogP) is 3.73. The zero-order chi connectivity index (χ0) is 20.8. The molecule has 1 heterocycles. The number of methoxy groups -OCH3 is 1. The molecule has 3 rings (SSSR count). The summed E-state index contributed by atoms with van der Waals surface area (Å²) >= 11 is 1.59. The number of nitrogens with zero attached hydrogens (tertiary/aromatic N) is 1. The minimum Gasteiger partial charge on any atom is -0.497 e. The molecule has 2 amide bonds. The summed E-state index contributed by atoms with van der Waals surface area (Å²) in [4.78, 5) is 29.8. The molecule has 0 saturated carbocycles. The van der Waals surface area contributed by atoms with Crippen LogP contribution in [0.1, 0.15) is 16.1 Å². The molecular formula is C22H23N3O3S. The SMILES string of the molecule is COc1ccc(-c2nc(C)c(CCNC(=O)C(=O)Nc3cccc(C)c3)s2)cc1. The van der Waals surface area contributed by atoms with Crippen LogP contribution in [-0.4, -0.2) is 30.5 Å². The summed E-state index contributed by atoms with van der Waals surface area (Å²) < 4.78 is 5.18. The Labute approximate surface area is 173 Å². The number of aromatic nitrogens is 1. The fourth-order valence-electron chi connectivity index (χ4n) is 2.80. The summed E-state index contributed by atoms with van der Waals surface area (Å²) in [6, 6.07) is 15.1. The Kier molecular flexibility index (Phi) is 6.61. The number of hydrogen-bond acceptors (Lipinski definition) is 5. The number of ether oxygens (including phenoxy) is 1. The monoisotopic (exact) mass is 409 g/mol. The van der Waals surface area contributed by atoms with E-state index in [4.69, 9.17) is 4.74 Å². The van der Waals surface area contributed by atoms with Crippen molar-refractivity contribution in [3.05, 3.63) is 64.7 Å². The molecule has 0 bridgehead atoms. The van der Waals surface area contributed by atoms with Gasteiger partial charge in [0, 0.05) is 29.1 Å². The molecule has 1 aromatic heterocycles. The second kappa shape index (κ2) is 9.34. The normalized spacial score (nSPS) is 10.4. The van der Waals surface area contributed by atoms with Crippen molar-refractivity contribution in [3.63, 3.8) is 0 Å². The van der Waals surface area contributed by atoms with Gasteiger partial charge in [-0.05, 0) is 55.8 Å². The largest absolute Gasteiger partial charge is 0.497 e. The summed E-state index contributed by atoms with van der Waals surface area (Å²) in [5.74, 6) is -0.520. The molecule has 2 N–H and O–H groups in total. The van der Waals surface area contributed by atoms with E-state index in [2.05, 4.69) is 15.6 Å². The van der Waals surface area contributed by atoms with E-state index < -0.39 is 11.8 Å². The standard InChI is InChI=1S/C22H23N3O3S/c1-14-5-4-6-17(13-14)25-21(27)20(26)23-12-11-19-15(2)24-22(29-19)16-7-9-18(28-3)10-8-16/h4-10,13H,11-12H2,1-3H3,(H,23,26)(H,25,27). The number of anilines is 1. The highest BCUT2D eigenvalue weighted by Crippen LogP contribution is 2.29. The van der Waals surface area contributed by atoms with Gasteiger partial charge in [0.25, 0.3) is 0 Å². The maximum Gasteiger partial charge on any atom is 0.313 e. The van der Waals surface area contributed by atoms with Crippen LogP contribution in [0, 0.1) is 13.8 Å². The van der Waals surface area contributed by atoms with Crippen molar-refractivity contribution < 1.29 is 14.3 Å². The molecule has 0 unspecified atom stereocenters. The third-order valence-corrected chi connectivity index (χ3v) is 5.62. The number of amides is 2. The second-order valence-electron chi connectivity index (χ2n) is 6.59. The average molecular weight is 410 g/mol. The summed E-state index contributed by atoms with van der Waals surface area (Å²) in [7, 11) is 1.64. The van der Waals surface area contributed by atoms with Crippen molar-refractivity contribution in [2.75, 3.05) is 19.0 Å². The predicted molar refractivity (Wildman–Crippen MR) is 115 cm³/mol. The number of rotatable bonds is 6. The van der Waals surface area contributed by atoms with Crippen molar-refractivity contribution in [3.8, 4) is 16.3 Å². The first-order chi connectivity index (χ1) is 14.0. The first kappa shape index (κ1) is 20.5. The van der Waals surface area contributed by atoms with Gasteiger partial charge in [-0.1, -0.05) is 12.1 Å². The highest BCUT2D eigenvalue weighted by Gasteiger charge is 2.14. The molecule has 29 heavy (non-hydrogen) atoms. The molecule has 3 aromatic rings. The van der Waals surface area contributed by atoms with Gasteiger partial charge in [-0.2, -0.15) is 0 Å². The lowest BCUT2D eigenvalue weighted by Gasteiger charge is -2.07. The fraction of sp³-hybridized carbons (Fsp3) is 0.227. The number of aryl methyl sites for hydroxylation is 2. The highest BCUT2D eigenvalue weighted by atomic mass is 32.1. The lowest BCUT2D eigenvalue weighted by Crippen LogP contribution is -2.36. The van der Waals surface area contributed by atoms with Crippen LogP contribution >= 0.6 is 11.3 Å². The molecule has 0 atom stereocenters. The minimum atomic E-state index is -0.671. The van der Waals surface area contributed by atoms with Crippen LogP contribution in [0.15, 0.2) is 48.5 Å². The van der Waals surface area contributed by atoms with Gasteiger partial charge < -0.3 is 15.4 Å². The quantitative estimate of drug-likeness (QED) is 0.608. The Bertz CT molecular complexity index is 1010. The molecule has 0 aliphatic carbocycles. The Hall–Kier alpha value is -3.19. The van der Waals surface area contributed by atoms with Gasteiger partial charge in [-0.3, -0.25) is 9.59 Å². The van der Waals surface area contributed by atoms with Crippen LogP contribution in [0.2, 0.25) is 0 Å². The van der Waals surface area contributed by atoms with Crippen molar-refractivity contribution in [1.82, 2.24) is 10.3 Å². The molecule has 0 spiro atoms. The zero-order valence-corrected chi connectivity index (χ0v) is 17.4. The first-order valence-electron chi connectivity index (χ1n) is 9.23. The molecule has 6 nitrogen and oxygen atoms in total. The zero-order valence-electron chi connectivity index (χ0n) is 16.6. The molecule has 2 aromatic carbocycles. The Morgan fingerprint density at radius 1 is 1.07 bits per heavy atom. The third-order valence-electron chi connectivity index (χ3n) is 4.35. The Morgan fingerprint density at radius 3 is 2.52 bits per heavy atom. The second-order valence-corrected chi connectivity index (χ2v) is 7.67. The van der Waals surface area contributed by atoms with Crippen molar-refractivity contribution >= 4 is 28.8 Å². The lowest BCUT2D eigenvalue weighted by atomic mass is 10.2. The van der Waals surface area contributed by atoms with Crippen LogP contribution in [0.25, 0.3) is 10.6 Å². The topological polar surface area (TPSA) is 80.3 Å². The van der Waals surface area contributed by atoms with Crippen molar-refractivity contribution in [2.24, 2.45) is 0 Å². The lowest BCUT2D eigenvalue weighted by molar-refractivity contribution is -0.136. The summed E-state index contributed by atoms with van der Waals surface area (Å²) in [5, 5.41) is 6.20. The van der Waals surface area contributed by atoms with Gasteiger partial charge in [-0.15, -0.1) is 11.3 Å². The van der Waals surface area contributed by atoms with Crippen LogP contribution in [0.5, 0.6) is 5.75 Å². The first-order valence-corrected chi connectivity index (χ1v) is 10.0. The van der Waals surface area contributed by atoms with Gasteiger partial charge in [-0.25, -0.2) is 4.98 Å². The summed E-state index contributed by atoms with van der Waals surface area (Å²) in [5.41, 5.74) is 3.56. The van der Waals surface area contributed by atoms with E-state index >= 15 is 0 Å². The maximum atomic E-state index is 12.0. The van der Waals surface area contributed by atoms with Crippen molar-refractivity contribution in [2.45, 2.75) is 20.3 Å². The van der Waals surface area contributed by atoms with Gasteiger partial charge in [0.05, 0.1) is 12.8 Å². The van der Waals surface area contributed by atoms with Crippen LogP contribution in [0.4, 0.5) is 5.69 Å². The number of nitrogens with one attached hydrogen (secondary N) is 2. The van der Waals surface area contributed by atoms with Gasteiger partial charge in [0.15, 0.2) is 0 Å². The number of hydrogen-bond donors (Lipinski definition) is 2. The van der Waals surface area contributed by atoms with E-state index in [0.29, 0.717) is 18.7 Å². The molecule has 7 heteroatoms. The van der Waals surface area contributed by atoms with E-state index in [1.807, 2.05) is 56.3 Å². The van der Waals surface area contributed by atoms with E-state index in [-0.39, 0.29) is 0 Å². The molecule has 0 radical (unpaired) electrons. The van der Waals surface area contributed by atoms with E-state index in [1.54, 1.807) is 24.5 Å². The average Bonchev–Trinajstić information content (AvgIpc) is 3.08. The molecule has 0 aliphatic heterocycles. The number of carbonyl (C=O) groups is 2. The number of thiazole rings is 1. The summed E-state index contributed by atoms with van der Waals surface area (Å²) in [6.45, 7) is 4.24. The Morgan fingerprint density at radius 2 is 1.83 bits per heavy atom. The highest BCUT2D eigenvalue weighted by molar-refractivity contribution is 7.15. The molecular weight excluding hydrogens is 386 g/mol. The molecule has 0 aliphatic rings. The van der Waals surface area contributed by atoms with Gasteiger partial charge >= 0.3 is 11.8 Å². The van der Waals surface area contributed by atoms with E-state index in [0.717, 1.165) is 32.5 Å².